The molecule has 0 fully saturated rings. The third-order valence-electron chi connectivity index (χ3n) is 1.66. The van der Waals surface area contributed by atoms with Crippen molar-refractivity contribution in [2.45, 2.75) is 19.8 Å². The smallest absolute Gasteiger partial charge is 0.107 e. The van der Waals surface area contributed by atoms with E-state index < -0.39 is 0 Å². The lowest BCUT2D eigenvalue weighted by molar-refractivity contribution is 0.861. The SMILES string of the molecule is CCCc1nc2cscc2[nH]1. The quantitative estimate of drug-likeness (QED) is 0.729. The molecule has 0 saturated heterocycles. The number of hydrogen-bond donors (Lipinski definition) is 1. The second kappa shape index (κ2) is 2.66. The molecule has 2 aromatic heterocycles. The summed E-state index contributed by atoms with van der Waals surface area (Å²) in [7, 11) is 0. The van der Waals surface area contributed by atoms with Crippen LogP contribution in [0.2, 0.25) is 0 Å². The van der Waals surface area contributed by atoms with Gasteiger partial charge in [0.1, 0.15) is 5.82 Å². The summed E-state index contributed by atoms with van der Waals surface area (Å²) in [6.07, 6.45) is 2.21. The number of aromatic amines is 1. The molecule has 0 unspecified atom stereocenters. The lowest BCUT2D eigenvalue weighted by atomic mass is 10.3. The summed E-state index contributed by atoms with van der Waals surface area (Å²) in [6, 6.07) is 0. The van der Waals surface area contributed by atoms with Gasteiger partial charge in [-0.2, -0.15) is 0 Å². The molecule has 2 rings (SSSR count). The molecule has 2 nitrogen and oxygen atoms in total. The molecule has 0 spiro atoms. The predicted molar refractivity (Wildman–Crippen MR) is 48.0 cm³/mol. The average molecular weight is 166 g/mol. The van der Waals surface area contributed by atoms with Crippen LogP contribution in [0.5, 0.6) is 0 Å². The van der Waals surface area contributed by atoms with E-state index in [-0.39, 0.29) is 0 Å². The number of nitrogens with one attached hydrogen (secondary N) is 1. The Morgan fingerprint density at radius 3 is 3.18 bits per heavy atom. The molecule has 3 heteroatoms. The van der Waals surface area contributed by atoms with Gasteiger partial charge in [0.05, 0.1) is 11.0 Å². The van der Waals surface area contributed by atoms with Crippen LogP contribution in [-0.4, -0.2) is 9.97 Å². The van der Waals surface area contributed by atoms with Crippen molar-refractivity contribution in [2.75, 3.05) is 0 Å². The van der Waals surface area contributed by atoms with E-state index in [0.29, 0.717) is 0 Å². The molecule has 2 heterocycles. The zero-order chi connectivity index (χ0) is 7.68. The Hall–Kier alpha value is -0.830. The lowest BCUT2D eigenvalue weighted by Crippen LogP contribution is -1.84. The highest BCUT2D eigenvalue weighted by Gasteiger charge is 2.00. The van der Waals surface area contributed by atoms with Crippen molar-refractivity contribution in [3.63, 3.8) is 0 Å². The van der Waals surface area contributed by atoms with Gasteiger partial charge in [0.15, 0.2) is 0 Å². The molecule has 0 aliphatic carbocycles. The van der Waals surface area contributed by atoms with Crippen LogP contribution in [0.3, 0.4) is 0 Å². The first-order valence-electron chi connectivity index (χ1n) is 3.81. The van der Waals surface area contributed by atoms with Gasteiger partial charge >= 0.3 is 0 Å². The first-order chi connectivity index (χ1) is 5.40. The summed E-state index contributed by atoms with van der Waals surface area (Å²) >= 11 is 1.69. The number of hydrogen-bond acceptors (Lipinski definition) is 2. The zero-order valence-corrected chi connectivity index (χ0v) is 7.24. The minimum atomic E-state index is 1.05. The number of rotatable bonds is 2. The largest absolute Gasteiger partial charge is 0.341 e. The second-order valence-corrected chi connectivity index (χ2v) is 3.35. The Labute approximate surface area is 69.3 Å². The van der Waals surface area contributed by atoms with Crippen molar-refractivity contribution in [1.82, 2.24) is 9.97 Å². The van der Waals surface area contributed by atoms with E-state index in [9.17, 15) is 0 Å². The van der Waals surface area contributed by atoms with Crippen molar-refractivity contribution in [2.24, 2.45) is 0 Å². The first kappa shape index (κ1) is 6.85. The Kier molecular flexibility index (Phi) is 1.66. The number of aryl methyl sites for hydroxylation is 1. The van der Waals surface area contributed by atoms with Crippen LogP contribution in [0.4, 0.5) is 0 Å². The molecule has 0 atom stereocenters. The molecule has 0 bridgehead atoms. The summed E-state index contributed by atoms with van der Waals surface area (Å²) < 4.78 is 0. The highest BCUT2D eigenvalue weighted by molar-refractivity contribution is 7.09. The molecule has 0 aromatic carbocycles. The highest BCUT2D eigenvalue weighted by Crippen LogP contribution is 2.16. The third kappa shape index (κ3) is 1.16. The summed E-state index contributed by atoms with van der Waals surface area (Å²) in [5, 5.41) is 4.17. The number of thiophene rings is 1. The predicted octanol–water partition coefficient (Wildman–Crippen LogP) is 2.58. The van der Waals surface area contributed by atoms with E-state index in [1.165, 1.54) is 5.52 Å². The molecule has 0 aliphatic heterocycles. The monoisotopic (exact) mass is 166 g/mol. The van der Waals surface area contributed by atoms with Crippen LogP contribution in [0.15, 0.2) is 10.8 Å². The maximum atomic E-state index is 4.42. The van der Waals surface area contributed by atoms with Crippen LogP contribution in [0, 0.1) is 0 Å². The lowest BCUT2D eigenvalue weighted by Gasteiger charge is -1.87. The molecule has 1 N–H and O–H groups in total. The van der Waals surface area contributed by atoms with Gasteiger partial charge < -0.3 is 4.98 Å². The normalized spacial score (nSPS) is 11.0. The van der Waals surface area contributed by atoms with Crippen molar-refractivity contribution in [3.05, 3.63) is 16.6 Å². The maximum Gasteiger partial charge on any atom is 0.107 e. The minimum absolute atomic E-state index is 1.05. The topological polar surface area (TPSA) is 28.7 Å². The Balaban J connectivity index is 2.42. The average Bonchev–Trinajstić information content (AvgIpc) is 2.46. The molecule has 2 aromatic rings. The van der Waals surface area contributed by atoms with Gasteiger partial charge in [0, 0.05) is 17.2 Å². The number of nitrogens with zero attached hydrogens (tertiary/aromatic N) is 1. The fourth-order valence-corrected chi connectivity index (χ4v) is 1.85. The van der Waals surface area contributed by atoms with Crippen molar-refractivity contribution >= 4 is 22.4 Å². The standard InChI is InChI=1S/C8H10N2S/c1-2-3-8-9-6-4-11-5-7(6)10-8/h4-5H,2-3H2,1H3,(H,9,10). The van der Waals surface area contributed by atoms with Gasteiger partial charge in [0.2, 0.25) is 0 Å². The van der Waals surface area contributed by atoms with Crippen molar-refractivity contribution < 1.29 is 0 Å². The highest BCUT2D eigenvalue weighted by atomic mass is 32.1. The number of imidazole rings is 1. The Morgan fingerprint density at radius 2 is 2.45 bits per heavy atom. The van der Waals surface area contributed by atoms with Crippen LogP contribution >= 0.6 is 11.3 Å². The second-order valence-electron chi connectivity index (χ2n) is 2.60. The van der Waals surface area contributed by atoms with Gasteiger partial charge in [-0.25, -0.2) is 4.98 Å². The molecule has 11 heavy (non-hydrogen) atoms. The third-order valence-corrected chi connectivity index (χ3v) is 2.39. The summed E-state index contributed by atoms with van der Waals surface area (Å²) in [6.45, 7) is 2.16. The molecule has 0 amide bonds. The number of aromatic nitrogens is 2. The summed E-state index contributed by atoms with van der Waals surface area (Å²) in [4.78, 5) is 7.69. The zero-order valence-electron chi connectivity index (χ0n) is 6.42. The maximum absolute atomic E-state index is 4.42. The Bertz CT molecular complexity index is 319. The first-order valence-corrected chi connectivity index (χ1v) is 4.75. The van der Waals surface area contributed by atoms with E-state index in [2.05, 4.69) is 27.7 Å². The van der Waals surface area contributed by atoms with Crippen LogP contribution in [0.1, 0.15) is 19.2 Å². The Morgan fingerprint density at radius 1 is 1.55 bits per heavy atom. The van der Waals surface area contributed by atoms with Crippen molar-refractivity contribution in [3.8, 4) is 0 Å². The van der Waals surface area contributed by atoms with Gasteiger partial charge in [0.25, 0.3) is 0 Å². The van der Waals surface area contributed by atoms with Gasteiger partial charge in [-0.3, -0.25) is 0 Å². The summed E-state index contributed by atoms with van der Waals surface area (Å²) in [5.41, 5.74) is 2.29. The van der Waals surface area contributed by atoms with E-state index >= 15 is 0 Å². The van der Waals surface area contributed by atoms with Crippen LogP contribution in [-0.2, 0) is 6.42 Å². The fraction of sp³-hybridized carbons (Fsp3) is 0.375. The van der Waals surface area contributed by atoms with E-state index in [1.807, 2.05) is 0 Å². The van der Waals surface area contributed by atoms with Crippen LogP contribution < -0.4 is 0 Å². The summed E-state index contributed by atoms with van der Waals surface area (Å²) in [5.74, 6) is 1.12. The van der Waals surface area contributed by atoms with Gasteiger partial charge in [-0.1, -0.05) is 6.92 Å². The van der Waals surface area contributed by atoms with E-state index in [4.69, 9.17) is 0 Å². The minimum Gasteiger partial charge on any atom is -0.341 e. The molecule has 0 saturated carbocycles. The van der Waals surface area contributed by atoms with E-state index in [0.717, 1.165) is 24.2 Å². The molecular formula is C8H10N2S. The number of H-pyrrole nitrogens is 1. The fourth-order valence-electron chi connectivity index (χ4n) is 1.15. The molecular weight excluding hydrogens is 156 g/mol. The molecule has 0 radical (unpaired) electrons. The van der Waals surface area contributed by atoms with Gasteiger partial charge in [-0.15, -0.1) is 11.3 Å². The van der Waals surface area contributed by atoms with Crippen LogP contribution in [0.25, 0.3) is 11.0 Å². The number of fused-ring (bicyclic) bond motifs is 1. The van der Waals surface area contributed by atoms with Gasteiger partial charge in [-0.05, 0) is 6.42 Å². The molecule has 0 aliphatic rings. The van der Waals surface area contributed by atoms with Crippen molar-refractivity contribution in [1.29, 1.82) is 0 Å². The van der Waals surface area contributed by atoms with E-state index in [1.54, 1.807) is 11.3 Å². The molecule has 58 valence electrons.